The van der Waals surface area contributed by atoms with E-state index in [1.165, 1.54) is 5.56 Å². The Kier molecular flexibility index (Phi) is 6.37. The summed E-state index contributed by atoms with van der Waals surface area (Å²) < 4.78 is 31.0. The van der Waals surface area contributed by atoms with Crippen molar-refractivity contribution in [1.82, 2.24) is 4.90 Å². The van der Waals surface area contributed by atoms with Crippen LogP contribution < -0.4 is 9.46 Å². The predicted molar refractivity (Wildman–Crippen MR) is 115 cm³/mol. The van der Waals surface area contributed by atoms with Gasteiger partial charge in [-0.1, -0.05) is 12.1 Å². The molecule has 4 rings (SSSR count). The van der Waals surface area contributed by atoms with Gasteiger partial charge < -0.3 is 9.64 Å². The van der Waals surface area contributed by atoms with Crippen molar-refractivity contribution >= 4 is 28.1 Å². The third-order valence-corrected chi connectivity index (χ3v) is 6.09. The van der Waals surface area contributed by atoms with Crippen LogP contribution in [-0.2, 0) is 16.4 Å². The number of likely N-dealkylation sites (tertiary alicyclic amines) is 1. The van der Waals surface area contributed by atoms with E-state index in [0.29, 0.717) is 23.1 Å². The van der Waals surface area contributed by atoms with Gasteiger partial charge in [0.1, 0.15) is 5.75 Å². The second kappa shape index (κ2) is 8.62. The maximum absolute atomic E-state index is 11.3. The molecule has 1 saturated heterocycles. The molecule has 0 radical (unpaired) electrons. The van der Waals surface area contributed by atoms with E-state index in [0.717, 1.165) is 50.2 Å². The van der Waals surface area contributed by atoms with Gasteiger partial charge in [-0.15, -0.1) is 12.4 Å². The average Bonchev–Trinajstić information content (AvgIpc) is 3.09. The first kappa shape index (κ1) is 21.4. The molecule has 0 bridgehead atoms. The van der Waals surface area contributed by atoms with Crippen molar-refractivity contribution in [3.05, 3.63) is 59.2 Å². The van der Waals surface area contributed by atoms with Gasteiger partial charge in [0.2, 0.25) is 10.0 Å². The van der Waals surface area contributed by atoms with E-state index in [1.54, 1.807) is 12.1 Å². The molecule has 2 aliphatic rings. The highest BCUT2D eigenvalue weighted by molar-refractivity contribution is 7.92. The van der Waals surface area contributed by atoms with E-state index in [1.807, 2.05) is 30.3 Å². The van der Waals surface area contributed by atoms with Crippen molar-refractivity contribution in [2.75, 3.05) is 37.2 Å². The lowest BCUT2D eigenvalue weighted by Gasteiger charge is -2.27. The van der Waals surface area contributed by atoms with E-state index < -0.39 is 10.0 Å². The minimum absolute atomic E-state index is 0. The number of benzene rings is 2. The molecule has 1 fully saturated rings. The molecule has 2 aliphatic heterocycles. The van der Waals surface area contributed by atoms with Gasteiger partial charge >= 0.3 is 0 Å². The fourth-order valence-electron chi connectivity index (χ4n) is 4.14. The number of nitrogens with one attached hydrogen (secondary N) is 1. The summed E-state index contributed by atoms with van der Waals surface area (Å²) in [6, 6.07) is 15.5. The van der Waals surface area contributed by atoms with Crippen LogP contribution in [0.15, 0.2) is 42.5 Å². The zero-order valence-corrected chi connectivity index (χ0v) is 17.8. The van der Waals surface area contributed by atoms with Gasteiger partial charge in [0, 0.05) is 42.7 Å². The van der Waals surface area contributed by atoms with Crippen molar-refractivity contribution in [2.45, 2.75) is 12.3 Å². The quantitative estimate of drug-likeness (QED) is 0.783. The summed E-state index contributed by atoms with van der Waals surface area (Å²) in [6.45, 7) is 3.64. The molecular weight excluding hydrogens is 410 g/mol. The van der Waals surface area contributed by atoms with Gasteiger partial charge in [-0.25, -0.2) is 8.42 Å². The third-order valence-electron chi connectivity index (χ3n) is 5.48. The average molecular weight is 434 g/mol. The van der Waals surface area contributed by atoms with Gasteiger partial charge in [-0.2, -0.15) is 5.26 Å². The normalized spacial score (nSPS) is 20.6. The van der Waals surface area contributed by atoms with E-state index >= 15 is 0 Å². The third kappa shape index (κ3) is 5.02. The fraction of sp³-hybridized carbons (Fsp3) is 0.381. The van der Waals surface area contributed by atoms with E-state index in [2.05, 4.69) is 15.7 Å². The Hall–Kier alpha value is -2.27. The fourth-order valence-corrected chi connectivity index (χ4v) is 4.71. The zero-order valence-electron chi connectivity index (χ0n) is 16.2. The second-order valence-electron chi connectivity index (χ2n) is 7.62. The van der Waals surface area contributed by atoms with Crippen LogP contribution in [0.2, 0.25) is 0 Å². The summed E-state index contributed by atoms with van der Waals surface area (Å²) in [7, 11) is -3.25. The van der Waals surface area contributed by atoms with Crippen LogP contribution in [0.5, 0.6) is 5.75 Å². The van der Waals surface area contributed by atoms with Crippen molar-refractivity contribution < 1.29 is 13.2 Å². The van der Waals surface area contributed by atoms with Crippen LogP contribution in [0, 0.1) is 17.2 Å². The first-order valence-corrected chi connectivity index (χ1v) is 11.3. The lowest BCUT2D eigenvalue weighted by atomic mass is 9.86. The first-order chi connectivity index (χ1) is 13.4. The molecule has 154 valence electrons. The summed E-state index contributed by atoms with van der Waals surface area (Å²) in [5.74, 6) is 1.79. The number of hydrogen-bond acceptors (Lipinski definition) is 5. The Morgan fingerprint density at radius 2 is 1.97 bits per heavy atom. The minimum Gasteiger partial charge on any atom is -0.493 e. The molecule has 6 nitrogen and oxygen atoms in total. The van der Waals surface area contributed by atoms with Crippen molar-refractivity contribution in [3.8, 4) is 11.8 Å². The molecule has 2 aromatic carbocycles. The van der Waals surface area contributed by atoms with E-state index in [9.17, 15) is 13.7 Å². The van der Waals surface area contributed by atoms with Crippen LogP contribution in [0.4, 0.5) is 5.69 Å². The molecule has 1 N–H and O–H groups in total. The maximum Gasteiger partial charge on any atom is 0.229 e. The number of ether oxygens (including phenoxy) is 1. The van der Waals surface area contributed by atoms with E-state index in [-0.39, 0.29) is 12.4 Å². The van der Waals surface area contributed by atoms with Gasteiger partial charge in [-0.3, -0.25) is 4.72 Å². The Morgan fingerprint density at radius 1 is 1.21 bits per heavy atom. The lowest BCUT2D eigenvalue weighted by molar-refractivity contribution is 0.213. The van der Waals surface area contributed by atoms with Gasteiger partial charge in [0.15, 0.2) is 0 Å². The molecule has 8 heteroatoms. The predicted octanol–water partition coefficient (Wildman–Crippen LogP) is 3.00. The summed E-state index contributed by atoms with van der Waals surface area (Å²) in [5.41, 5.74) is 3.61. The van der Waals surface area contributed by atoms with Gasteiger partial charge in [0.25, 0.3) is 0 Å². The summed E-state index contributed by atoms with van der Waals surface area (Å²) in [6.07, 6.45) is 2.06. The van der Waals surface area contributed by atoms with Crippen molar-refractivity contribution in [1.29, 1.82) is 5.26 Å². The molecular formula is C21H24ClN3O3S. The highest BCUT2D eigenvalue weighted by Gasteiger charge is 2.38. The number of halogens is 1. The smallest absolute Gasteiger partial charge is 0.229 e. The summed E-state index contributed by atoms with van der Waals surface area (Å²) >= 11 is 0. The van der Waals surface area contributed by atoms with Crippen LogP contribution >= 0.6 is 12.4 Å². The number of hydrogen-bond donors (Lipinski definition) is 1. The molecule has 2 atom stereocenters. The Labute approximate surface area is 177 Å². The molecule has 0 spiro atoms. The molecule has 0 aromatic heterocycles. The Bertz CT molecular complexity index is 1020. The molecule has 2 aromatic rings. The Balaban J connectivity index is 0.00000240. The van der Waals surface area contributed by atoms with Crippen LogP contribution in [-0.4, -0.2) is 45.8 Å². The molecule has 29 heavy (non-hydrogen) atoms. The van der Waals surface area contributed by atoms with E-state index in [4.69, 9.17) is 4.74 Å². The number of rotatable bonds is 5. The van der Waals surface area contributed by atoms with Crippen molar-refractivity contribution in [3.63, 3.8) is 0 Å². The largest absolute Gasteiger partial charge is 0.493 e. The maximum atomic E-state index is 11.3. The second-order valence-corrected chi connectivity index (χ2v) is 9.37. The Morgan fingerprint density at radius 3 is 2.66 bits per heavy atom. The summed E-state index contributed by atoms with van der Waals surface area (Å²) in [5, 5.41) is 9.18. The van der Waals surface area contributed by atoms with Gasteiger partial charge in [-0.05, 0) is 42.3 Å². The molecule has 0 saturated carbocycles. The number of sulfonamides is 1. The van der Waals surface area contributed by atoms with Crippen molar-refractivity contribution in [2.24, 2.45) is 5.92 Å². The molecule has 2 heterocycles. The van der Waals surface area contributed by atoms with Crippen LogP contribution in [0.25, 0.3) is 0 Å². The molecule has 0 aliphatic carbocycles. The minimum atomic E-state index is -3.25. The van der Waals surface area contributed by atoms with Gasteiger partial charge in [0.05, 0.1) is 24.5 Å². The number of anilines is 1. The number of fused-ring (bicyclic) bond motifs is 3. The number of nitrogens with zero attached hydrogens (tertiary/aromatic N) is 2. The highest BCUT2D eigenvalue weighted by Crippen LogP contribution is 2.41. The standard InChI is InChI=1S/C21H23N3O3S.ClH/c1-28(25,26)23-18-5-2-15(3-6-18)8-9-24-12-17-14-27-21-7-4-16(11-22)10-19(21)20(17)13-24;/h2-7,10,17,20,23H,8-9,12-14H2,1H3;1H/t17-,20+;/m1./s1. The first-order valence-electron chi connectivity index (χ1n) is 9.37. The zero-order chi connectivity index (χ0) is 19.7. The molecule has 0 unspecified atom stereocenters. The highest BCUT2D eigenvalue weighted by atomic mass is 35.5. The SMILES string of the molecule is CS(=O)(=O)Nc1ccc(CCN2C[C@@H]3COc4ccc(C#N)cc4[C@H]3C2)cc1.Cl. The molecule has 0 amide bonds. The monoisotopic (exact) mass is 433 g/mol. The number of nitriles is 1. The van der Waals surface area contributed by atoms with Crippen LogP contribution in [0.1, 0.15) is 22.6 Å². The topological polar surface area (TPSA) is 82.4 Å². The van der Waals surface area contributed by atoms with Crippen LogP contribution in [0.3, 0.4) is 0 Å². The lowest BCUT2D eigenvalue weighted by Crippen LogP contribution is -2.25. The summed E-state index contributed by atoms with van der Waals surface area (Å²) in [4.78, 5) is 2.45.